The molecule has 9 heteroatoms. The fourth-order valence-corrected chi connectivity index (χ4v) is 4.34. The van der Waals surface area contributed by atoms with Crippen LogP contribution in [-0.4, -0.2) is 65.4 Å². The highest BCUT2D eigenvalue weighted by atomic mass is 32.1. The normalized spacial score (nSPS) is 18.4. The fraction of sp³-hybridized carbons (Fsp3) is 0.476. The van der Waals surface area contributed by atoms with Crippen LogP contribution in [0, 0.1) is 11.3 Å². The number of carbonyl (C=O) groups is 3. The number of nitrogens with zero attached hydrogens (tertiary/aromatic N) is 3. The Morgan fingerprint density at radius 2 is 1.93 bits per heavy atom. The van der Waals surface area contributed by atoms with E-state index in [-0.39, 0.29) is 37.2 Å². The van der Waals surface area contributed by atoms with Gasteiger partial charge >= 0.3 is 0 Å². The van der Waals surface area contributed by atoms with Gasteiger partial charge in [0.1, 0.15) is 6.54 Å². The zero-order valence-corrected chi connectivity index (χ0v) is 17.5. The van der Waals surface area contributed by atoms with Crippen LogP contribution in [0.4, 0.5) is 0 Å². The summed E-state index contributed by atoms with van der Waals surface area (Å²) in [6, 6.07) is 11.4. The number of likely N-dealkylation sites (tertiary alicyclic amines) is 1. The van der Waals surface area contributed by atoms with Gasteiger partial charge in [-0.15, -0.1) is 0 Å². The fourth-order valence-electron chi connectivity index (χ4n) is 4.04. The summed E-state index contributed by atoms with van der Waals surface area (Å²) < 4.78 is 0. The molecule has 3 amide bonds. The lowest BCUT2D eigenvalue weighted by Gasteiger charge is -2.41. The van der Waals surface area contributed by atoms with E-state index in [0.717, 1.165) is 5.56 Å². The first kappa shape index (κ1) is 21.7. The summed E-state index contributed by atoms with van der Waals surface area (Å²) in [5.41, 5.74) is 0.131. The van der Waals surface area contributed by atoms with Crippen LogP contribution < -0.4 is 10.6 Å². The van der Waals surface area contributed by atoms with Crippen LogP contribution in [0.5, 0.6) is 0 Å². The molecule has 2 saturated heterocycles. The molecule has 2 aliphatic rings. The van der Waals surface area contributed by atoms with Gasteiger partial charge in [0.05, 0.1) is 11.5 Å². The molecule has 2 aliphatic heterocycles. The first-order chi connectivity index (χ1) is 14.5. The van der Waals surface area contributed by atoms with Crippen molar-refractivity contribution in [2.75, 3.05) is 32.7 Å². The zero-order chi connectivity index (χ0) is 21.6. The average molecular weight is 428 g/mol. The molecule has 0 unspecified atom stereocenters. The topological polar surface area (TPSA) is 106 Å². The van der Waals surface area contributed by atoms with E-state index in [4.69, 9.17) is 17.5 Å². The minimum Gasteiger partial charge on any atom is -0.362 e. The number of hydrogen-bond acceptors (Lipinski definition) is 5. The van der Waals surface area contributed by atoms with E-state index in [1.54, 1.807) is 4.90 Å². The summed E-state index contributed by atoms with van der Waals surface area (Å²) >= 11 is 5.16. The summed E-state index contributed by atoms with van der Waals surface area (Å²) in [5.74, 6) is -0.310. The summed E-state index contributed by atoms with van der Waals surface area (Å²) in [5, 5.41) is 14.9. The number of nitriles is 1. The van der Waals surface area contributed by atoms with Crippen LogP contribution in [0.3, 0.4) is 0 Å². The minimum atomic E-state index is -0.761. The standard InChI is InChI=1S/C21H25N5O3S/c22-10-12-23-19(29)21(16-4-2-1-3-5-16)8-14-25(15-9-21)17(27)7-13-26-18(28)6-11-24-20(26)30/h1-5H,6-9,11-15H2,(H,23,29)(H,24,30). The van der Waals surface area contributed by atoms with Gasteiger partial charge in [0.25, 0.3) is 0 Å². The van der Waals surface area contributed by atoms with Gasteiger partial charge in [-0.05, 0) is 30.6 Å². The highest BCUT2D eigenvalue weighted by molar-refractivity contribution is 7.80. The van der Waals surface area contributed by atoms with Gasteiger partial charge in [0.15, 0.2) is 5.11 Å². The van der Waals surface area contributed by atoms with Crippen molar-refractivity contribution >= 4 is 35.1 Å². The van der Waals surface area contributed by atoms with Crippen molar-refractivity contribution in [2.24, 2.45) is 0 Å². The van der Waals surface area contributed by atoms with Gasteiger partial charge in [0, 0.05) is 39.0 Å². The van der Waals surface area contributed by atoms with Crippen molar-refractivity contribution in [3.63, 3.8) is 0 Å². The number of amides is 3. The van der Waals surface area contributed by atoms with E-state index >= 15 is 0 Å². The van der Waals surface area contributed by atoms with Crippen molar-refractivity contribution in [3.8, 4) is 6.07 Å². The zero-order valence-electron chi connectivity index (χ0n) is 16.7. The van der Waals surface area contributed by atoms with Crippen LogP contribution in [-0.2, 0) is 19.8 Å². The molecule has 30 heavy (non-hydrogen) atoms. The smallest absolute Gasteiger partial charge is 0.231 e. The Hall–Kier alpha value is -2.99. The molecule has 8 nitrogen and oxygen atoms in total. The molecule has 3 rings (SSSR count). The maximum absolute atomic E-state index is 12.9. The van der Waals surface area contributed by atoms with Gasteiger partial charge in [-0.1, -0.05) is 30.3 Å². The number of thiocarbonyl (C=S) groups is 1. The Labute approximate surface area is 181 Å². The SMILES string of the molecule is N#CCNC(=O)C1(c2ccccc2)CCN(C(=O)CCN2C(=O)CCNC2=S)CC1. The highest BCUT2D eigenvalue weighted by Gasteiger charge is 2.43. The van der Waals surface area contributed by atoms with Crippen LogP contribution in [0.2, 0.25) is 0 Å². The molecule has 2 heterocycles. The number of benzene rings is 1. The third-order valence-electron chi connectivity index (χ3n) is 5.77. The minimum absolute atomic E-state index is 0.0477. The number of rotatable bonds is 6. The van der Waals surface area contributed by atoms with Crippen molar-refractivity contribution in [2.45, 2.75) is 31.1 Å². The maximum atomic E-state index is 12.9. The summed E-state index contributed by atoms with van der Waals surface area (Å²) in [6.45, 7) is 1.61. The Morgan fingerprint density at radius 1 is 1.23 bits per heavy atom. The Bertz CT molecular complexity index is 843. The number of carbonyl (C=O) groups excluding carboxylic acids is 3. The second-order valence-electron chi connectivity index (χ2n) is 7.45. The molecule has 0 radical (unpaired) electrons. The molecule has 1 aromatic rings. The van der Waals surface area contributed by atoms with Crippen LogP contribution >= 0.6 is 12.2 Å². The number of hydrogen-bond donors (Lipinski definition) is 2. The average Bonchev–Trinajstić information content (AvgIpc) is 2.77. The van der Waals surface area contributed by atoms with E-state index in [9.17, 15) is 14.4 Å². The molecule has 0 aliphatic carbocycles. The Balaban J connectivity index is 1.63. The summed E-state index contributed by atoms with van der Waals surface area (Å²) in [4.78, 5) is 40.8. The van der Waals surface area contributed by atoms with Crippen molar-refractivity contribution < 1.29 is 14.4 Å². The molecule has 2 N–H and O–H groups in total. The highest BCUT2D eigenvalue weighted by Crippen LogP contribution is 2.36. The summed E-state index contributed by atoms with van der Waals surface area (Å²) in [7, 11) is 0. The monoisotopic (exact) mass is 427 g/mol. The van der Waals surface area contributed by atoms with Gasteiger partial charge < -0.3 is 15.5 Å². The van der Waals surface area contributed by atoms with Gasteiger partial charge in [-0.25, -0.2) is 0 Å². The lowest BCUT2D eigenvalue weighted by molar-refractivity contribution is -0.137. The molecule has 2 fully saturated rings. The predicted octanol–water partition coefficient (Wildman–Crippen LogP) is 0.683. The van der Waals surface area contributed by atoms with E-state index < -0.39 is 5.41 Å². The summed E-state index contributed by atoms with van der Waals surface area (Å²) in [6.07, 6.45) is 1.51. The largest absolute Gasteiger partial charge is 0.362 e. The molecular formula is C21H25N5O3S. The van der Waals surface area contributed by atoms with Crippen LogP contribution in [0.1, 0.15) is 31.2 Å². The third kappa shape index (κ3) is 4.60. The van der Waals surface area contributed by atoms with Crippen molar-refractivity contribution in [1.82, 2.24) is 20.4 Å². The molecule has 0 atom stereocenters. The lowest BCUT2D eigenvalue weighted by atomic mass is 9.72. The van der Waals surface area contributed by atoms with Crippen molar-refractivity contribution in [1.29, 1.82) is 5.26 Å². The maximum Gasteiger partial charge on any atom is 0.231 e. The van der Waals surface area contributed by atoms with Crippen LogP contribution in [0.15, 0.2) is 30.3 Å². The van der Waals surface area contributed by atoms with Crippen molar-refractivity contribution in [3.05, 3.63) is 35.9 Å². The molecule has 0 spiro atoms. The first-order valence-corrected chi connectivity index (χ1v) is 10.5. The van der Waals surface area contributed by atoms with Gasteiger partial charge in [0.2, 0.25) is 17.7 Å². The number of piperidine rings is 1. The van der Waals surface area contributed by atoms with Crippen LogP contribution in [0.25, 0.3) is 0 Å². The van der Waals surface area contributed by atoms with E-state index in [2.05, 4.69) is 10.6 Å². The lowest BCUT2D eigenvalue weighted by Crippen LogP contribution is -2.54. The molecule has 0 saturated carbocycles. The molecule has 158 valence electrons. The van der Waals surface area contributed by atoms with E-state index in [1.165, 1.54) is 4.90 Å². The second-order valence-corrected chi connectivity index (χ2v) is 7.83. The predicted molar refractivity (Wildman–Crippen MR) is 114 cm³/mol. The van der Waals surface area contributed by atoms with E-state index in [0.29, 0.717) is 44.0 Å². The molecular weight excluding hydrogens is 402 g/mol. The second kappa shape index (κ2) is 9.67. The Kier molecular flexibility index (Phi) is 7.00. The quantitative estimate of drug-likeness (QED) is 0.511. The van der Waals surface area contributed by atoms with Gasteiger partial charge in [-0.3, -0.25) is 19.3 Å². The van der Waals surface area contributed by atoms with E-state index in [1.807, 2.05) is 36.4 Å². The number of nitrogens with one attached hydrogen (secondary N) is 2. The molecule has 1 aromatic carbocycles. The molecule has 0 bridgehead atoms. The molecule has 0 aromatic heterocycles. The first-order valence-electron chi connectivity index (χ1n) is 10.0. The third-order valence-corrected chi connectivity index (χ3v) is 6.13. The Morgan fingerprint density at radius 3 is 2.57 bits per heavy atom. The van der Waals surface area contributed by atoms with Gasteiger partial charge in [-0.2, -0.15) is 5.26 Å².